The minimum absolute atomic E-state index is 0.0711. The van der Waals surface area contributed by atoms with Gasteiger partial charge in [0.25, 0.3) is 0 Å². The molecule has 0 saturated carbocycles. The van der Waals surface area contributed by atoms with E-state index < -0.39 is 5.97 Å². The van der Waals surface area contributed by atoms with E-state index in [2.05, 4.69) is 20.8 Å². The van der Waals surface area contributed by atoms with Crippen LogP contribution >= 0.6 is 0 Å². The summed E-state index contributed by atoms with van der Waals surface area (Å²) in [6, 6.07) is 11.6. The van der Waals surface area contributed by atoms with Crippen LogP contribution in [-0.2, 0) is 4.74 Å². The normalized spacial score (nSPS) is 11.6. The van der Waals surface area contributed by atoms with Crippen LogP contribution in [0.4, 0.5) is 0 Å². The maximum atomic E-state index is 13.0. The van der Waals surface area contributed by atoms with Gasteiger partial charge < -0.3 is 18.9 Å². The third kappa shape index (κ3) is 11.6. The predicted molar refractivity (Wildman–Crippen MR) is 152 cm³/mol. The fourth-order valence-corrected chi connectivity index (χ4v) is 4.05. The van der Waals surface area contributed by atoms with Gasteiger partial charge in [-0.25, -0.2) is 9.59 Å². The summed E-state index contributed by atoms with van der Waals surface area (Å²) in [5, 5.41) is 0. The molecule has 6 heteroatoms. The molecule has 2 aromatic carbocycles. The number of esters is 2. The van der Waals surface area contributed by atoms with Crippen LogP contribution < -0.4 is 14.2 Å². The first-order valence-electron chi connectivity index (χ1n) is 14.4. The van der Waals surface area contributed by atoms with Gasteiger partial charge in [0.15, 0.2) is 0 Å². The summed E-state index contributed by atoms with van der Waals surface area (Å²) < 4.78 is 22.9. The SMILES string of the molecule is CCCCCCCCOC(=O)c1ccc(OC(=O)c2ccc(OC(C)CCC)cc2OCCCCC)cc1. The van der Waals surface area contributed by atoms with E-state index in [0.717, 1.165) is 44.9 Å². The second-order valence-electron chi connectivity index (χ2n) is 9.75. The number of ether oxygens (including phenoxy) is 4. The maximum Gasteiger partial charge on any atom is 0.347 e. The van der Waals surface area contributed by atoms with Crippen LogP contribution in [0.5, 0.6) is 17.2 Å². The van der Waals surface area contributed by atoms with Gasteiger partial charge in [0.2, 0.25) is 0 Å². The Bertz CT molecular complexity index is 953. The smallest absolute Gasteiger partial charge is 0.347 e. The van der Waals surface area contributed by atoms with Crippen molar-refractivity contribution in [2.24, 2.45) is 0 Å². The molecule has 2 rings (SSSR count). The molecule has 0 aromatic heterocycles. The molecule has 6 nitrogen and oxygen atoms in total. The molecule has 210 valence electrons. The van der Waals surface area contributed by atoms with E-state index in [1.807, 2.05) is 6.92 Å². The van der Waals surface area contributed by atoms with Crippen molar-refractivity contribution in [3.8, 4) is 17.2 Å². The molecule has 0 spiro atoms. The fraction of sp³-hybridized carbons (Fsp3) is 0.562. The number of unbranched alkanes of at least 4 members (excludes halogenated alkanes) is 7. The van der Waals surface area contributed by atoms with Crippen LogP contribution in [0.25, 0.3) is 0 Å². The van der Waals surface area contributed by atoms with Gasteiger partial charge in [-0.05, 0) is 62.6 Å². The first-order chi connectivity index (χ1) is 18.5. The molecule has 0 N–H and O–H groups in total. The molecule has 0 bridgehead atoms. The van der Waals surface area contributed by atoms with Gasteiger partial charge in [-0.1, -0.05) is 72.1 Å². The molecule has 1 unspecified atom stereocenters. The fourth-order valence-electron chi connectivity index (χ4n) is 4.05. The highest BCUT2D eigenvalue weighted by molar-refractivity contribution is 5.94. The van der Waals surface area contributed by atoms with Gasteiger partial charge in [0, 0.05) is 6.07 Å². The highest BCUT2D eigenvalue weighted by atomic mass is 16.5. The molecule has 0 fully saturated rings. The Morgan fingerprint density at radius 1 is 0.711 bits per heavy atom. The van der Waals surface area contributed by atoms with E-state index in [0.29, 0.717) is 41.6 Å². The molecule has 0 aliphatic rings. The van der Waals surface area contributed by atoms with E-state index in [1.54, 1.807) is 42.5 Å². The second-order valence-corrected chi connectivity index (χ2v) is 9.75. The Morgan fingerprint density at radius 2 is 1.34 bits per heavy atom. The van der Waals surface area contributed by atoms with Crippen LogP contribution in [0.1, 0.15) is 119 Å². The van der Waals surface area contributed by atoms with Crippen LogP contribution in [-0.4, -0.2) is 31.3 Å². The maximum absolute atomic E-state index is 13.0. The lowest BCUT2D eigenvalue weighted by Crippen LogP contribution is -2.14. The first kappa shape index (κ1) is 31.2. The molecule has 2 aromatic rings. The number of carbonyl (C=O) groups excluding carboxylic acids is 2. The number of rotatable bonds is 19. The molecule has 38 heavy (non-hydrogen) atoms. The minimum Gasteiger partial charge on any atom is -0.493 e. The lowest BCUT2D eigenvalue weighted by molar-refractivity contribution is 0.0497. The summed E-state index contributed by atoms with van der Waals surface area (Å²) >= 11 is 0. The zero-order chi connectivity index (χ0) is 27.6. The molecule has 0 heterocycles. The van der Waals surface area contributed by atoms with Crippen molar-refractivity contribution >= 4 is 11.9 Å². The topological polar surface area (TPSA) is 71.1 Å². The van der Waals surface area contributed by atoms with Crippen molar-refractivity contribution in [1.29, 1.82) is 0 Å². The second kappa shape index (κ2) is 18.3. The van der Waals surface area contributed by atoms with E-state index in [-0.39, 0.29) is 12.1 Å². The minimum atomic E-state index is -0.526. The summed E-state index contributed by atoms with van der Waals surface area (Å²) in [5.74, 6) is 0.560. The van der Waals surface area contributed by atoms with Crippen molar-refractivity contribution in [2.75, 3.05) is 13.2 Å². The van der Waals surface area contributed by atoms with Gasteiger partial charge in [-0.3, -0.25) is 0 Å². The van der Waals surface area contributed by atoms with Crippen molar-refractivity contribution in [1.82, 2.24) is 0 Å². The van der Waals surface area contributed by atoms with Crippen molar-refractivity contribution in [3.63, 3.8) is 0 Å². The summed E-state index contributed by atoms with van der Waals surface area (Å²) in [5.41, 5.74) is 0.762. The lowest BCUT2D eigenvalue weighted by atomic mass is 10.1. The average Bonchev–Trinajstić information content (AvgIpc) is 2.91. The largest absolute Gasteiger partial charge is 0.493 e. The quantitative estimate of drug-likeness (QED) is 0.104. The third-order valence-corrected chi connectivity index (χ3v) is 6.24. The van der Waals surface area contributed by atoms with Gasteiger partial charge in [-0.2, -0.15) is 0 Å². The van der Waals surface area contributed by atoms with Gasteiger partial charge in [0.1, 0.15) is 22.8 Å². The molecule has 0 saturated heterocycles. The van der Waals surface area contributed by atoms with Crippen molar-refractivity contribution in [2.45, 2.75) is 104 Å². The van der Waals surface area contributed by atoms with Gasteiger partial charge in [-0.15, -0.1) is 0 Å². The standard InChI is InChI=1S/C32H46O6/c1-5-8-10-11-12-14-23-36-31(33)26-16-18-27(19-17-26)38-32(34)29-21-20-28(37-25(4)15-7-3)24-30(29)35-22-13-9-6-2/h16-21,24-25H,5-15,22-23H2,1-4H3. The zero-order valence-electron chi connectivity index (χ0n) is 23.8. The van der Waals surface area contributed by atoms with Gasteiger partial charge in [0.05, 0.1) is 24.9 Å². The number of carbonyl (C=O) groups is 2. The predicted octanol–water partition coefficient (Wildman–Crippen LogP) is 8.56. The van der Waals surface area contributed by atoms with Crippen LogP contribution in [0, 0.1) is 0 Å². The molecule has 0 aliphatic heterocycles. The van der Waals surface area contributed by atoms with Crippen LogP contribution in [0.15, 0.2) is 42.5 Å². The average molecular weight is 527 g/mol. The Morgan fingerprint density at radius 3 is 2.05 bits per heavy atom. The van der Waals surface area contributed by atoms with E-state index >= 15 is 0 Å². The molecular formula is C32H46O6. The number of hydrogen-bond acceptors (Lipinski definition) is 6. The van der Waals surface area contributed by atoms with Crippen LogP contribution in [0.2, 0.25) is 0 Å². The van der Waals surface area contributed by atoms with Gasteiger partial charge >= 0.3 is 11.9 Å². The summed E-state index contributed by atoms with van der Waals surface area (Å²) in [7, 11) is 0. The summed E-state index contributed by atoms with van der Waals surface area (Å²) in [6.45, 7) is 9.40. The van der Waals surface area contributed by atoms with Crippen molar-refractivity contribution < 1.29 is 28.5 Å². The Kier molecular flexibility index (Phi) is 15.0. The van der Waals surface area contributed by atoms with Crippen LogP contribution in [0.3, 0.4) is 0 Å². The highest BCUT2D eigenvalue weighted by Gasteiger charge is 2.18. The Balaban J connectivity index is 1.97. The number of hydrogen-bond donors (Lipinski definition) is 0. The van der Waals surface area contributed by atoms with E-state index in [4.69, 9.17) is 18.9 Å². The molecule has 0 radical (unpaired) electrons. The Hall–Kier alpha value is -3.02. The highest BCUT2D eigenvalue weighted by Crippen LogP contribution is 2.28. The molecule has 0 aliphatic carbocycles. The molecule has 1 atom stereocenters. The first-order valence-corrected chi connectivity index (χ1v) is 14.4. The van der Waals surface area contributed by atoms with E-state index in [9.17, 15) is 9.59 Å². The third-order valence-electron chi connectivity index (χ3n) is 6.24. The monoisotopic (exact) mass is 526 g/mol. The zero-order valence-corrected chi connectivity index (χ0v) is 23.8. The molecule has 0 amide bonds. The summed E-state index contributed by atoms with van der Waals surface area (Å²) in [6.07, 6.45) is 11.9. The van der Waals surface area contributed by atoms with Crippen molar-refractivity contribution in [3.05, 3.63) is 53.6 Å². The number of benzene rings is 2. The Labute approximate surface area is 229 Å². The molecular weight excluding hydrogens is 480 g/mol. The summed E-state index contributed by atoms with van der Waals surface area (Å²) in [4.78, 5) is 25.3. The lowest BCUT2D eigenvalue weighted by Gasteiger charge is -2.17. The van der Waals surface area contributed by atoms with E-state index in [1.165, 1.54) is 25.7 Å².